The second kappa shape index (κ2) is 8.80. The van der Waals surface area contributed by atoms with Crippen molar-refractivity contribution in [3.8, 4) is 0 Å². The maximum atomic E-state index is 13.9. The van der Waals surface area contributed by atoms with Crippen molar-refractivity contribution in [1.29, 1.82) is 0 Å². The summed E-state index contributed by atoms with van der Waals surface area (Å²) in [5.74, 6) is -0.368. The molecule has 0 aliphatic rings. The Hall–Kier alpha value is -2.41. The summed E-state index contributed by atoms with van der Waals surface area (Å²) in [5, 5.41) is 16.7. The number of carbonyl (C=O) groups excluding carboxylic acids is 1. The molecule has 0 aliphatic carbocycles. The monoisotopic (exact) mass is 362 g/mol. The van der Waals surface area contributed by atoms with Crippen molar-refractivity contribution in [2.75, 3.05) is 13.2 Å². The highest BCUT2D eigenvalue weighted by molar-refractivity contribution is 5.74. The van der Waals surface area contributed by atoms with E-state index >= 15 is 0 Å². The summed E-state index contributed by atoms with van der Waals surface area (Å²) in [6, 6.07) is 5.73. The Labute approximate surface area is 153 Å². The van der Waals surface area contributed by atoms with Gasteiger partial charge in [-0.2, -0.15) is 5.10 Å². The van der Waals surface area contributed by atoms with Crippen LogP contribution < -0.4 is 5.32 Å². The molecule has 6 nitrogen and oxygen atoms in total. The van der Waals surface area contributed by atoms with Gasteiger partial charge in [-0.1, -0.05) is 18.2 Å². The lowest BCUT2D eigenvalue weighted by Crippen LogP contribution is -2.42. The van der Waals surface area contributed by atoms with Gasteiger partial charge >= 0.3 is 6.03 Å². The van der Waals surface area contributed by atoms with Gasteiger partial charge in [0.2, 0.25) is 0 Å². The third kappa shape index (κ3) is 4.40. The van der Waals surface area contributed by atoms with Gasteiger partial charge in [0, 0.05) is 29.9 Å². The Morgan fingerprint density at radius 1 is 1.38 bits per heavy atom. The maximum Gasteiger partial charge on any atom is 0.318 e. The lowest BCUT2D eigenvalue weighted by Gasteiger charge is -2.25. The fourth-order valence-electron chi connectivity index (χ4n) is 3.20. The predicted octanol–water partition coefficient (Wildman–Crippen LogP) is 2.92. The third-order valence-electron chi connectivity index (χ3n) is 4.49. The van der Waals surface area contributed by atoms with Crippen LogP contribution in [-0.4, -0.2) is 39.0 Å². The number of halogens is 1. The number of aromatic nitrogens is 2. The van der Waals surface area contributed by atoms with E-state index in [4.69, 9.17) is 0 Å². The largest absolute Gasteiger partial charge is 0.395 e. The molecule has 0 saturated heterocycles. The van der Waals surface area contributed by atoms with E-state index in [9.17, 15) is 14.3 Å². The number of rotatable bonds is 7. The smallest absolute Gasteiger partial charge is 0.318 e. The zero-order valence-electron chi connectivity index (χ0n) is 15.8. The lowest BCUT2D eigenvalue weighted by molar-refractivity contribution is 0.170. The van der Waals surface area contributed by atoms with Gasteiger partial charge in [0.15, 0.2) is 0 Å². The van der Waals surface area contributed by atoms with E-state index in [1.165, 1.54) is 11.0 Å². The number of amides is 2. The Bertz CT molecular complexity index is 760. The average Bonchev–Trinajstić information content (AvgIpc) is 2.90. The average molecular weight is 362 g/mol. The second-order valence-electron chi connectivity index (χ2n) is 6.31. The van der Waals surface area contributed by atoms with Crippen LogP contribution in [0, 0.1) is 19.7 Å². The molecule has 1 atom stereocenters. The summed E-state index contributed by atoms with van der Waals surface area (Å²) in [7, 11) is 0. The van der Waals surface area contributed by atoms with Crippen LogP contribution in [0.4, 0.5) is 9.18 Å². The van der Waals surface area contributed by atoms with E-state index in [0.717, 1.165) is 23.5 Å². The van der Waals surface area contributed by atoms with Crippen LogP contribution in [0.25, 0.3) is 0 Å². The molecule has 7 heteroatoms. The predicted molar refractivity (Wildman–Crippen MR) is 98.2 cm³/mol. The van der Waals surface area contributed by atoms with Gasteiger partial charge in [-0.25, -0.2) is 9.18 Å². The minimum atomic E-state index is -0.368. The molecule has 0 spiro atoms. The molecule has 1 heterocycles. The van der Waals surface area contributed by atoms with Crippen LogP contribution in [0.3, 0.4) is 0 Å². The van der Waals surface area contributed by atoms with Gasteiger partial charge in [-0.05, 0) is 33.8 Å². The van der Waals surface area contributed by atoms with Crippen molar-refractivity contribution in [2.24, 2.45) is 0 Å². The number of hydrogen-bond donors (Lipinski definition) is 2. The fourth-order valence-corrected chi connectivity index (χ4v) is 3.20. The number of hydrogen-bond acceptors (Lipinski definition) is 3. The van der Waals surface area contributed by atoms with Crippen LogP contribution in [-0.2, 0) is 13.1 Å². The molecule has 0 radical (unpaired) electrons. The van der Waals surface area contributed by atoms with Gasteiger partial charge in [0.05, 0.1) is 24.9 Å². The molecule has 2 N–H and O–H groups in total. The Kier molecular flexibility index (Phi) is 6.74. The van der Waals surface area contributed by atoms with Crippen molar-refractivity contribution < 1.29 is 14.3 Å². The molecule has 2 amide bonds. The van der Waals surface area contributed by atoms with Crippen molar-refractivity contribution >= 4 is 6.03 Å². The first-order valence-electron chi connectivity index (χ1n) is 8.82. The Morgan fingerprint density at radius 3 is 2.65 bits per heavy atom. The van der Waals surface area contributed by atoms with E-state index in [1.54, 1.807) is 18.2 Å². The molecule has 0 unspecified atom stereocenters. The summed E-state index contributed by atoms with van der Waals surface area (Å²) in [6.45, 7) is 8.60. The highest BCUT2D eigenvalue weighted by Gasteiger charge is 2.22. The van der Waals surface area contributed by atoms with Crippen LogP contribution >= 0.6 is 0 Å². The number of aliphatic hydroxyl groups is 1. The number of carbonyl (C=O) groups is 1. The number of benzene rings is 1. The Morgan fingerprint density at radius 2 is 2.08 bits per heavy atom. The molecule has 0 aliphatic heterocycles. The lowest BCUT2D eigenvalue weighted by atomic mass is 10.1. The minimum absolute atomic E-state index is 0.0952. The SMILES string of the molecule is CCn1nc(C)c([C@@H](C)NC(=O)N(CCO)Cc2ccccc2F)c1C. The van der Waals surface area contributed by atoms with Gasteiger partial charge in [-0.15, -0.1) is 0 Å². The van der Waals surface area contributed by atoms with Gasteiger partial charge in [0.25, 0.3) is 0 Å². The molecule has 0 fully saturated rings. The molecular formula is C19H27FN4O2. The van der Waals surface area contributed by atoms with E-state index in [0.29, 0.717) is 5.56 Å². The maximum absolute atomic E-state index is 13.9. The Balaban J connectivity index is 2.14. The highest BCUT2D eigenvalue weighted by Crippen LogP contribution is 2.22. The number of nitrogens with one attached hydrogen (secondary N) is 1. The van der Waals surface area contributed by atoms with E-state index in [2.05, 4.69) is 10.4 Å². The standard InChI is InChI=1S/C19H27FN4O2/c1-5-24-15(4)18(14(3)22-24)13(2)21-19(26)23(10-11-25)12-16-8-6-7-9-17(16)20/h6-9,13,25H,5,10-12H2,1-4H3,(H,21,26)/t13-/m1/s1. The van der Waals surface area contributed by atoms with Crippen LogP contribution in [0.5, 0.6) is 0 Å². The molecule has 0 saturated carbocycles. The topological polar surface area (TPSA) is 70.4 Å². The molecule has 2 rings (SSSR count). The summed E-state index contributed by atoms with van der Waals surface area (Å²) in [4.78, 5) is 14.1. The molecule has 142 valence electrons. The van der Waals surface area contributed by atoms with Crippen LogP contribution in [0.2, 0.25) is 0 Å². The molecule has 1 aromatic carbocycles. The zero-order valence-corrected chi connectivity index (χ0v) is 15.8. The normalized spacial score (nSPS) is 12.1. The van der Waals surface area contributed by atoms with Crippen molar-refractivity contribution in [1.82, 2.24) is 20.0 Å². The number of nitrogens with zero attached hydrogens (tertiary/aromatic N) is 3. The first-order chi connectivity index (χ1) is 12.4. The van der Waals surface area contributed by atoms with Crippen LogP contribution in [0.1, 0.15) is 42.4 Å². The quantitative estimate of drug-likeness (QED) is 0.796. The minimum Gasteiger partial charge on any atom is -0.395 e. The molecule has 1 aromatic heterocycles. The van der Waals surface area contributed by atoms with Gasteiger partial charge in [-0.3, -0.25) is 4.68 Å². The second-order valence-corrected chi connectivity index (χ2v) is 6.31. The number of urea groups is 1. The van der Waals surface area contributed by atoms with Gasteiger partial charge in [0.1, 0.15) is 5.82 Å². The highest BCUT2D eigenvalue weighted by atomic mass is 19.1. The summed E-state index contributed by atoms with van der Waals surface area (Å²) >= 11 is 0. The third-order valence-corrected chi connectivity index (χ3v) is 4.49. The zero-order chi connectivity index (χ0) is 19.3. The first-order valence-corrected chi connectivity index (χ1v) is 8.82. The summed E-state index contributed by atoms with van der Waals surface area (Å²) < 4.78 is 15.8. The molecular weight excluding hydrogens is 335 g/mol. The van der Waals surface area contributed by atoms with Crippen molar-refractivity contribution in [2.45, 2.75) is 46.8 Å². The van der Waals surface area contributed by atoms with Gasteiger partial charge < -0.3 is 15.3 Å². The van der Waals surface area contributed by atoms with E-state index in [1.807, 2.05) is 32.4 Å². The number of aliphatic hydroxyl groups excluding tert-OH is 1. The first kappa shape index (κ1) is 19.9. The molecule has 2 aromatic rings. The number of aryl methyl sites for hydroxylation is 2. The fraction of sp³-hybridized carbons (Fsp3) is 0.474. The molecule has 0 bridgehead atoms. The van der Waals surface area contributed by atoms with E-state index < -0.39 is 0 Å². The van der Waals surface area contributed by atoms with E-state index in [-0.39, 0.29) is 37.6 Å². The molecule has 26 heavy (non-hydrogen) atoms. The van der Waals surface area contributed by atoms with Crippen LogP contribution in [0.15, 0.2) is 24.3 Å². The van der Waals surface area contributed by atoms with Crippen molar-refractivity contribution in [3.05, 3.63) is 52.6 Å². The van der Waals surface area contributed by atoms with Crippen molar-refractivity contribution in [3.63, 3.8) is 0 Å². The summed E-state index contributed by atoms with van der Waals surface area (Å²) in [5.41, 5.74) is 3.28. The summed E-state index contributed by atoms with van der Waals surface area (Å²) in [6.07, 6.45) is 0.